The summed E-state index contributed by atoms with van der Waals surface area (Å²) in [5.41, 5.74) is 3.28. The Morgan fingerprint density at radius 3 is 2.65 bits per heavy atom. The van der Waals surface area contributed by atoms with Gasteiger partial charge in [0.15, 0.2) is 0 Å². The van der Waals surface area contributed by atoms with E-state index in [9.17, 15) is 4.79 Å². The van der Waals surface area contributed by atoms with Gasteiger partial charge in [-0.05, 0) is 19.1 Å². The molecule has 1 N–H and O–H groups in total. The van der Waals surface area contributed by atoms with Crippen LogP contribution in [0.2, 0.25) is 0 Å². The Kier molecular flexibility index (Phi) is 4.18. The second kappa shape index (κ2) is 5.71. The number of pyridine rings is 1. The van der Waals surface area contributed by atoms with Gasteiger partial charge in [0.25, 0.3) is 5.91 Å². The highest BCUT2D eigenvalue weighted by Crippen LogP contribution is 2.27. The summed E-state index contributed by atoms with van der Waals surface area (Å²) in [6, 6.07) is 5.55. The number of nitrogens with zero attached hydrogens (tertiary/aromatic N) is 2. The highest BCUT2D eigenvalue weighted by molar-refractivity contribution is 7.11. The molecular weight excluding hydrogens is 270 g/mol. The van der Waals surface area contributed by atoms with Gasteiger partial charge < -0.3 is 5.32 Å². The normalized spacial score (nSPS) is 13.0. The lowest BCUT2D eigenvalue weighted by molar-refractivity contribution is 0.0941. The Balaban J connectivity index is 2.16. The molecule has 0 fully saturated rings. The minimum absolute atomic E-state index is 0.0874. The number of amides is 1. The van der Waals surface area contributed by atoms with Gasteiger partial charge in [0.2, 0.25) is 0 Å². The van der Waals surface area contributed by atoms with E-state index in [1.807, 2.05) is 25.1 Å². The van der Waals surface area contributed by atoms with E-state index in [1.54, 1.807) is 11.7 Å². The summed E-state index contributed by atoms with van der Waals surface area (Å²) >= 11 is 1.38. The third-order valence-electron chi connectivity index (χ3n) is 2.96. The number of aromatic nitrogens is 2. The van der Waals surface area contributed by atoms with Crippen molar-refractivity contribution in [3.63, 3.8) is 0 Å². The van der Waals surface area contributed by atoms with Crippen LogP contribution in [0.4, 0.5) is 0 Å². The summed E-state index contributed by atoms with van der Waals surface area (Å²) < 4.78 is 0. The van der Waals surface area contributed by atoms with E-state index in [0.29, 0.717) is 4.88 Å². The van der Waals surface area contributed by atoms with Gasteiger partial charge in [-0.25, -0.2) is 4.98 Å². The van der Waals surface area contributed by atoms with Gasteiger partial charge in [0.1, 0.15) is 4.88 Å². The molecule has 0 aliphatic heterocycles. The zero-order chi connectivity index (χ0) is 14.8. The van der Waals surface area contributed by atoms with E-state index in [4.69, 9.17) is 0 Å². The Hall–Kier alpha value is -1.75. The second-order valence-corrected chi connectivity index (χ2v) is 6.58. The van der Waals surface area contributed by atoms with Crippen molar-refractivity contribution in [1.82, 2.24) is 15.3 Å². The maximum Gasteiger partial charge on any atom is 0.263 e. The molecule has 1 atom stereocenters. The first-order valence-corrected chi connectivity index (χ1v) is 7.43. The standard InChI is InChI=1S/C15H19N3OS/c1-10(11-7-5-6-8-16-11)18-14(19)12-13(15(2,3)4)17-9-20-12/h5-10H,1-4H3,(H,18,19). The van der Waals surface area contributed by atoms with Crippen molar-refractivity contribution < 1.29 is 4.79 Å². The first-order chi connectivity index (χ1) is 9.39. The molecule has 2 heterocycles. The molecule has 106 valence electrons. The van der Waals surface area contributed by atoms with Gasteiger partial charge in [-0.1, -0.05) is 26.8 Å². The largest absolute Gasteiger partial charge is 0.343 e. The number of hydrogen-bond acceptors (Lipinski definition) is 4. The number of carbonyl (C=O) groups is 1. The lowest BCUT2D eigenvalue weighted by Crippen LogP contribution is -2.29. The van der Waals surface area contributed by atoms with Gasteiger partial charge in [-0.2, -0.15) is 0 Å². The van der Waals surface area contributed by atoms with Crippen LogP contribution in [-0.4, -0.2) is 15.9 Å². The predicted molar refractivity (Wildman–Crippen MR) is 80.9 cm³/mol. The minimum Gasteiger partial charge on any atom is -0.343 e. The fraction of sp³-hybridized carbons (Fsp3) is 0.400. The SMILES string of the molecule is CC(NC(=O)c1scnc1C(C)(C)C)c1ccccn1. The maximum absolute atomic E-state index is 12.4. The molecule has 5 heteroatoms. The molecule has 2 aromatic heterocycles. The van der Waals surface area contributed by atoms with Crippen LogP contribution in [0.3, 0.4) is 0 Å². The molecule has 20 heavy (non-hydrogen) atoms. The maximum atomic E-state index is 12.4. The molecule has 0 aliphatic rings. The Morgan fingerprint density at radius 2 is 2.05 bits per heavy atom. The van der Waals surface area contributed by atoms with E-state index in [-0.39, 0.29) is 17.4 Å². The Labute approximate surface area is 123 Å². The van der Waals surface area contributed by atoms with Crippen LogP contribution >= 0.6 is 11.3 Å². The summed E-state index contributed by atoms with van der Waals surface area (Å²) in [5, 5.41) is 2.98. The smallest absolute Gasteiger partial charge is 0.263 e. The summed E-state index contributed by atoms with van der Waals surface area (Å²) in [6.07, 6.45) is 1.73. The van der Waals surface area contributed by atoms with Crippen molar-refractivity contribution in [2.24, 2.45) is 0 Å². The van der Waals surface area contributed by atoms with Gasteiger partial charge in [0.05, 0.1) is 22.9 Å². The number of hydrogen-bond donors (Lipinski definition) is 1. The van der Waals surface area contributed by atoms with E-state index < -0.39 is 0 Å². The molecule has 0 aromatic carbocycles. The van der Waals surface area contributed by atoms with Crippen molar-refractivity contribution in [2.45, 2.75) is 39.2 Å². The lowest BCUT2D eigenvalue weighted by atomic mass is 9.91. The predicted octanol–water partition coefficient (Wildman–Crippen LogP) is 3.33. The van der Waals surface area contributed by atoms with Crippen LogP contribution in [0.1, 0.15) is 54.8 Å². The van der Waals surface area contributed by atoms with Crippen LogP contribution in [0.5, 0.6) is 0 Å². The number of carbonyl (C=O) groups excluding carboxylic acids is 1. The monoisotopic (exact) mass is 289 g/mol. The van der Waals surface area contributed by atoms with Crippen molar-refractivity contribution in [3.05, 3.63) is 46.2 Å². The molecular formula is C15H19N3OS. The molecule has 0 radical (unpaired) electrons. The molecule has 0 aliphatic carbocycles. The molecule has 1 unspecified atom stereocenters. The molecule has 2 aromatic rings. The van der Waals surface area contributed by atoms with Gasteiger partial charge in [-0.15, -0.1) is 11.3 Å². The topological polar surface area (TPSA) is 54.9 Å². The highest BCUT2D eigenvalue weighted by Gasteiger charge is 2.25. The fourth-order valence-corrected chi connectivity index (χ4v) is 2.81. The van der Waals surface area contributed by atoms with Crippen molar-refractivity contribution >= 4 is 17.2 Å². The lowest BCUT2D eigenvalue weighted by Gasteiger charge is -2.18. The Bertz CT molecular complexity index is 587. The Morgan fingerprint density at radius 1 is 1.30 bits per heavy atom. The minimum atomic E-state index is -0.138. The van der Waals surface area contributed by atoms with E-state index in [2.05, 4.69) is 36.1 Å². The molecule has 0 bridgehead atoms. The van der Waals surface area contributed by atoms with Crippen LogP contribution in [0.25, 0.3) is 0 Å². The van der Waals surface area contributed by atoms with Crippen molar-refractivity contribution in [3.8, 4) is 0 Å². The molecule has 0 saturated carbocycles. The van der Waals surface area contributed by atoms with Crippen LogP contribution in [0.15, 0.2) is 29.9 Å². The molecule has 1 amide bonds. The zero-order valence-corrected chi connectivity index (χ0v) is 13.0. The summed E-state index contributed by atoms with van der Waals surface area (Å²) in [6.45, 7) is 8.10. The number of nitrogens with one attached hydrogen (secondary N) is 1. The summed E-state index contributed by atoms with van der Waals surface area (Å²) in [7, 11) is 0. The molecule has 2 rings (SSSR count). The first kappa shape index (κ1) is 14.7. The molecule has 0 spiro atoms. The third-order valence-corrected chi connectivity index (χ3v) is 3.79. The van der Waals surface area contributed by atoms with Gasteiger partial charge in [-0.3, -0.25) is 9.78 Å². The molecule has 4 nitrogen and oxygen atoms in total. The number of thiazole rings is 1. The van der Waals surface area contributed by atoms with Crippen LogP contribution in [-0.2, 0) is 5.41 Å². The van der Waals surface area contributed by atoms with Crippen LogP contribution in [0, 0.1) is 0 Å². The second-order valence-electron chi connectivity index (χ2n) is 5.73. The highest BCUT2D eigenvalue weighted by atomic mass is 32.1. The average Bonchev–Trinajstić information content (AvgIpc) is 2.89. The summed E-state index contributed by atoms with van der Waals surface area (Å²) in [5.74, 6) is -0.0874. The van der Waals surface area contributed by atoms with Gasteiger partial charge in [0, 0.05) is 11.6 Å². The quantitative estimate of drug-likeness (QED) is 0.943. The van der Waals surface area contributed by atoms with E-state index >= 15 is 0 Å². The number of rotatable bonds is 3. The van der Waals surface area contributed by atoms with Crippen LogP contribution < -0.4 is 5.32 Å². The van der Waals surface area contributed by atoms with Crippen molar-refractivity contribution in [1.29, 1.82) is 0 Å². The average molecular weight is 289 g/mol. The van der Waals surface area contributed by atoms with E-state index in [1.165, 1.54) is 11.3 Å². The zero-order valence-electron chi connectivity index (χ0n) is 12.2. The van der Waals surface area contributed by atoms with Crippen molar-refractivity contribution in [2.75, 3.05) is 0 Å². The fourth-order valence-electron chi connectivity index (χ4n) is 1.91. The van der Waals surface area contributed by atoms with Gasteiger partial charge >= 0.3 is 0 Å². The summed E-state index contributed by atoms with van der Waals surface area (Å²) in [4.78, 5) is 21.7. The molecule has 0 saturated heterocycles. The third kappa shape index (κ3) is 3.22. The first-order valence-electron chi connectivity index (χ1n) is 6.55. The van der Waals surface area contributed by atoms with E-state index in [0.717, 1.165) is 11.4 Å².